The van der Waals surface area contributed by atoms with Crippen LogP contribution >= 0.6 is 11.6 Å². The molecular weight excluding hydrogens is 429 g/mol. The molecule has 2 aromatic carbocycles. The molecule has 3 N–H and O–H groups in total. The highest BCUT2D eigenvalue weighted by molar-refractivity contribution is 6.31. The lowest BCUT2D eigenvalue weighted by Crippen LogP contribution is -2.53. The molecule has 7 nitrogen and oxygen atoms in total. The minimum atomic E-state index is -0.477. The number of piperazine rings is 1. The molecule has 0 radical (unpaired) electrons. The van der Waals surface area contributed by atoms with Gasteiger partial charge < -0.3 is 11.1 Å². The summed E-state index contributed by atoms with van der Waals surface area (Å²) in [5, 5.41) is 12.9. The molecule has 4 rings (SSSR count). The van der Waals surface area contributed by atoms with Gasteiger partial charge >= 0.3 is 0 Å². The van der Waals surface area contributed by atoms with Crippen LogP contribution in [-0.4, -0.2) is 52.5 Å². The van der Waals surface area contributed by atoms with Crippen molar-refractivity contribution in [1.82, 2.24) is 19.8 Å². The van der Waals surface area contributed by atoms with Crippen molar-refractivity contribution < 1.29 is 4.39 Å². The monoisotopic (exact) mass is 453 g/mol. The minimum Gasteiger partial charge on any atom is -0.398 e. The zero-order valence-corrected chi connectivity index (χ0v) is 18.8. The van der Waals surface area contributed by atoms with Crippen molar-refractivity contribution in [3.05, 3.63) is 53.1 Å². The lowest BCUT2D eigenvalue weighted by atomic mass is 9.89. The summed E-state index contributed by atoms with van der Waals surface area (Å²) in [6.45, 7) is 8.18. The summed E-state index contributed by atoms with van der Waals surface area (Å²) in [5.74, 6) is 0.0909. The van der Waals surface area contributed by atoms with E-state index in [0.717, 1.165) is 42.6 Å². The van der Waals surface area contributed by atoms with Crippen molar-refractivity contribution in [2.45, 2.75) is 19.4 Å². The number of nitriles is 1. The summed E-state index contributed by atoms with van der Waals surface area (Å²) < 4.78 is 13.5. The maximum Gasteiger partial charge on any atom is 0.141 e. The summed E-state index contributed by atoms with van der Waals surface area (Å²) in [4.78, 5) is 13.3. The fourth-order valence-corrected chi connectivity index (χ4v) is 4.38. The number of hydrogen-bond acceptors (Lipinski definition) is 7. The third-order valence-corrected chi connectivity index (χ3v) is 6.39. The number of fused-ring (bicyclic) bond motifs is 1. The normalized spacial score (nSPS) is 15.6. The minimum absolute atomic E-state index is 0.0341. The molecule has 0 aliphatic carbocycles. The first-order valence-corrected chi connectivity index (χ1v) is 10.8. The Hall–Kier alpha value is -2.99. The van der Waals surface area contributed by atoms with Crippen molar-refractivity contribution in [3.63, 3.8) is 0 Å². The van der Waals surface area contributed by atoms with Gasteiger partial charge in [-0.2, -0.15) is 5.26 Å². The van der Waals surface area contributed by atoms with Crippen molar-refractivity contribution in [3.8, 4) is 6.07 Å². The molecule has 0 saturated carbocycles. The Morgan fingerprint density at radius 2 is 1.94 bits per heavy atom. The van der Waals surface area contributed by atoms with Gasteiger partial charge in [0.1, 0.15) is 18.0 Å². The predicted molar refractivity (Wildman–Crippen MR) is 125 cm³/mol. The molecule has 32 heavy (non-hydrogen) atoms. The number of halogens is 2. The van der Waals surface area contributed by atoms with Crippen LogP contribution in [0.2, 0.25) is 5.02 Å². The summed E-state index contributed by atoms with van der Waals surface area (Å²) >= 11 is 5.90. The highest BCUT2D eigenvalue weighted by Gasteiger charge is 2.33. The number of aromatic nitrogens is 2. The molecule has 0 unspecified atom stereocenters. The molecule has 1 aliphatic heterocycles. The van der Waals surface area contributed by atoms with Gasteiger partial charge in [-0.3, -0.25) is 9.80 Å². The molecule has 0 spiro atoms. The van der Waals surface area contributed by atoms with Crippen molar-refractivity contribution >= 4 is 39.7 Å². The highest BCUT2D eigenvalue weighted by atomic mass is 35.5. The van der Waals surface area contributed by atoms with E-state index in [4.69, 9.17) is 22.6 Å². The lowest BCUT2D eigenvalue weighted by Gasteiger charge is -2.44. The quantitative estimate of drug-likeness (QED) is 0.443. The molecule has 166 valence electrons. The van der Waals surface area contributed by atoms with E-state index in [9.17, 15) is 4.39 Å². The van der Waals surface area contributed by atoms with Gasteiger partial charge in [-0.1, -0.05) is 11.6 Å². The van der Waals surface area contributed by atoms with E-state index in [1.807, 2.05) is 12.1 Å². The molecule has 1 saturated heterocycles. The second-order valence-electron chi connectivity index (χ2n) is 8.41. The average Bonchev–Trinajstić information content (AvgIpc) is 2.77. The van der Waals surface area contributed by atoms with E-state index in [2.05, 4.69) is 45.0 Å². The summed E-state index contributed by atoms with van der Waals surface area (Å²) in [6, 6.07) is 10.5. The Kier molecular flexibility index (Phi) is 6.15. The Bertz CT molecular complexity index is 1180. The molecule has 0 bridgehead atoms. The molecule has 2 heterocycles. The zero-order chi connectivity index (χ0) is 22.9. The summed E-state index contributed by atoms with van der Waals surface area (Å²) in [6.07, 6.45) is 1.49. The summed E-state index contributed by atoms with van der Waals surface area (Å²) in [5.41, 5.74) is 9.24. The van der Waals surface area contributed by atoms with Gasteiger partial charge in [0.25, 0.3) is 0 Å². The van der Waals surface area contributed by atoms with Crippen LogP contribution in [0.15, 0.2) is 36.7 Å². The van der Waals surface area contributed by atoms with Gasteiger partial charge in [0, 0.05) is 48.5 Å². The summed E-state index contributed by atoms with van der Waals surface area (Å²) in [7, 11) is 0. The van der Waals surface area contributed by atoms with Gasteiger partial charge in [0.05, 0.1) is 23.2 Å². The van der Waals surface area contributed by atoms with Gasteiger partial charge in [-0.05, 0) is 49.7 Å². The second-order valence-corrected chi connectivity index (χ2v) is 8.82. The van der Waals surface area contributed by atoms with Crippen LogP contribution in [0.5, 0.6) is 0 Å². The fraction of sp³-hybridized carbons (Fsp3) is 0.348. The SMILES string of the molecule is CC(C)(c1cc2ncnc(Nc3ccc(F)c(Cl)c3)c2cc1N)N1CCN(CC#N)CC1. The van der Waals surface area contributed by atoms with Crippen molar-refractivity contribution in [2.24, 2.45) is 0 Å². The zero-order valence-electron chi connectivity index (χ0n) is 18.1. The van der Waals surface area contributed by atoms with E-state index < -0.39 is 5.82 Å². The average molecular weight is 454 g/mol. The third kappa shape index (κ3) is 4.32. The smallest absolute Gasteiger partial charge is 0.141 e. The van der Waals surface area contributed by atoms with Crippen LogP contribution in [0, 0.1) is 17.1 Å². The highest BCUT2D eigenvalue weighted by Crippen LogP contribution is 2.36. The Balaban J connectivity index is 1.64. The molecular formula is C23H25ClFN7. The Morgan fingerprint density at radius 3 is 2.62 bits per heavy atom. The van der Waals surface area contributed by atoms with Crippen LogP contribution in [-0.2, 0) is 5.54 Å². The number of anilines is 3. The number of nitrogens with two attached hydrogens (primary N) is 1. The van der Waals surface area contributed by atoms with E-state index in [1.165, 1.54) is 18.5 Å². The van der Waals surface area contributed by atoms with Crippen LogP contribution in [0.1, 0.15) is 19.4 Å². The predicted octanol–water partition coefficient (Wildman–Crippen LogP) is 4.12. The van der Waals surface area contributed by atoms with Crippen molar-refractivity contribution in [1.29, 1.82) is 5.26 Å². The number of nitrogens with one attached hydrogen (secondary N) is 1. The van der Waals surface area contributed by atoms with Gasteiger partial charge in [-0.25, -0.2) is 14.4 Å². The van der Waals surface area contributed by atoms with E-state index in [1.54, 1.807) is 6.07 Å². The molecule has 9 heteroatoms. The lowest BCUT2D eigenvalue weighted by molar-refractivity contribution is 0.0562. The largest absolute Gasteiger partial charge is 0.398 e. The molecule has 1 aliphatic rings. The maximum absolute atomic E-state index is 13.5. The van der Waals surface area contributed by atoms with Crippen LogP contribution in [0.4, 0.5) is 21.6 Å². The second kappa shape index (κ2) is 8.87. The number of nitrogens with zero attached hydrogens (tertiary/aromatic N) is 5. The molecule has 0 atom stereocenters. The topological polar surface area (TPSA) is 94.1 Å². The van der Waals surface area contributed by atoms with Crippen LogP contribution in [0.3, 0.4) is 0 Å². The van der Waals surface area contributed by atoms with Gasteiger partial charge in [-0.15, -0.1) is 0 Å². The van der Waals surface area contributed by atoms with E-state index in [0.29, 0.717) is 23.7 Å². The molecule has 0 amide bonds. The van der Waals surface area contributed by atoms with E-state index in [-0.39, 0.29) is 10.6 Å². The van der Waals surface area contributed by atoms with Crippen LogP contribution in [0.25, 0.3) is 10.9 Å². The molecule has 3 aromatic rings. The maximum atomic E-state index is 13.5. The fourth-order valence-electron chi connectivity index (χ4n) is 4.20. The first kappa shape index (κ1) is 22.2. The third-order valence-electron chi connectivity index (χ3n) is 6.11. The first-order chi connectivity index (χ1) is 15.3. The number of benzene rings is 2. The number of hydrogen-bond donors (Lipinski definition) is 2. The molecule has 1 fully saturated rings. The van der Waals surface area contributed by atoms with Crippen LogP contribution < -0.4 is 11.1 Å². The Labute approximate surface area is 191 Å². The Morgan fingerprint density at radius 1 is 1.19 bits per heavy atom. The molecule has 1 aromatic heterocycles. The standard InChI is InChI=1S/C23H25ClFN7/c1-23(2,32-9-7-31(6-5-26)8-10-32)17-13-21-16(12-20(17)27)22(29-14-28-21)30-15-3-4-19(25)18(24)11-15/h3-4,11-14H,6-10,27H2,1-2H3,(H,28,29,30). The van der Waals surface area contributed by atoms with Gasteiger partial charge in [0.2, 0.25) is 0 Å². The number of nitrogen functional groups attached to an aromatic ring is 1. The van der Waals surface area contributed by atoms with Gasteiger partial charge in [0.15, 0.2) is 0 Å². The van der Waals surface area contributed by atoms with E-state index >= 15 is 0 Å². The van der Waals surface area contributed by atoms with Crippen molar-refractivity contribution in [2.75, 3.05) is 43.8 Å². The number of rotatable bonds is 5. The first-order valence-electron chi connectivity index (χ1n) is 10.4.